The quantitative estimate of drug-likeness (QED) is 0.287. The Labute approximate surface area is 211 Å². The third-order valence-electron chi connectivity index (χ3n) is 6.42. The Kier molecular flexibility index (Phi) is 6.72. The first-order valence-electron chi connectivity index (χ1n) is 11.6. The van der Waals surface area contributed by atoms with Crippen LogP contribution in [0.2, 0.25) is 0 Å². The molecule has 1 aliphatic rings. The van der Waals surface area contributed by atoms with Gasteiger partial charge in [-0.15, -0.1) is 0 Å². The zero-order chi connectivity index (χ0) is 27.1. The van der Waals surface area contributed by atoms with Crippen molar-refractivity contribution in [1.29, 1.82) is 0 Å². The smallest absolute Gasteiger partial charge is 0.342 e. The van der Waals surface area contributed by atoms with Crippen molar-refractivity contribution in [3.63, 3.8) is 0 Å². The highest BCUT2D eigenvalue weighted by molar-refractivity contribution is 5.60. The lowest BCUT2D eigenvalue weighted by atomic mass is 9.96. The van der Waals surface area contributed by atoms with Gasteiger partial charge in [0.15, 0.2) is 5.82 Å². The Morgan fingerprint density at radius 1 is 0.947 bits per heavy atom. The summed E-state index contributed by atoms with van der Waals surface area (Å²) in [5.74, 6) is -0.482. The number of aromatic nitrogens is 4. The molecular formula is C25H20F7N5O. The van der Waals surface area contributed by atoms with Gasteiger partial charge in [-0.1, -0.05) is 17.3 Å². The SMILES string of the molecule is Fc1ccc(-c2nc(CN3CCC(c4ncc(-c5cccc(C(F)(F)F)c5)[nH]4)CC3)no2)cc1C(F)(F)F. The van der Waals surface area contributed by atoms with E-state index in [9.17, 15) is 30.7 Å². The van der Waals surface area contributed by atoms with E-state index in [0.717, 1.165) is 18.2 Å². The number of hydrogen-bond acceptors (Lipinski definition) is 5. The van der Waals surface area contributed by atoms with E-state index in [4.69, 9.17) is 4.52 Å². The maximum atomic E-state index is 13.6. The summed E-state index contributed by atoms with van der Waals surface area (Å²) in [7, 11) is 0. The average molecular weight is 539 g/mol. The zero-order valence-electron chi connectivity index (χ0n) is 19.6. The number of aromatic amines is 1. The number of H-pyrrole nitrogens is 1. The third-order valence-corrected chi connectivity index (χ3v) is 6.42. The summed E-state index contributed by atoms with van der Waals surface area (Å²) in [6, 6.07) is 7.52. The maximum absolute atomic E-state index is 13.6. The normalized spacial score (nSPS) is 15.8. The fourth-order valence-corrected chi connectivity index (χ4v) is 4.43. The van der Waals surface area contributed by atoms with E-state index in [1.165, 1.54) is 12.3 Å². The van der Waals surface area contributed by atoms with Crippen LogP contribution in [0.4, 0.5) is 30.7 Å². The molecule has 3 heterocycles. The van der Waals surface area contributed by atoms with Crippen LogP contribution in [0, 0.1) is 5.82 Å². The number of imidazole rings is 1. The van der Waals surface area contributed by atoms with Crippen LogP contribution in [0.25, 0.3) is 22.7 Å². The summed E-state index contributed by atoms with van der Waals surface area (Å²) < 4.78 is 96.8. The van der Waals surface area contributed by atoms with Crippen LogP contribution < -0.4 is 0 Å². The third kappa shape index (κ3) is 5.57. The predicted molar refractivity (Wildman–Crippen MR) is 121 cm³/mol. The van der Waals surface area contributed by atoms with Gasteiger partial charge in [0.1, 0.15) is 11.6 Å². The lowest BCUT2D eigenvalue weighted by molar-refractivity contribution is -0.140. The number of alkyl halides is 6. The Morgan fingerprint density at radius 2 is 1.71 bits per heavy atom. The molecule has 4 aromatic rings. The molecule has 5 rings (SSSR count). The first-order chi connectivity index (χ1) is 18.0. The summed E-state index contributed by atoms with van der Waals surface area (Å²) in [6.07, 6.45) is -6.33. The summed E-state index contributed by atoms with van der Waals surface area (Å²) in [4.78, 5) is 13.7. The molecule has 2 aromatic heterocycles. The Hall–Kier alpha value is -3.74. The van der Waals surface area contributed by atoms with Crippen molar-refractivity contribution in [1.82, 2.24) is 25.0 Å². The van der Waals surface area contributed by atoms with E-state index < -0.39 is 29.3 Å². The minimum absolute atomic E-state index is 0.0365. The van der Waals surface area contributed by atoms with E-state index in [2.05, 4.69) is 20.1 Å². The van der Waals surface area contributed by atoms with Gasteiger partial charge in [0.05, 0.1) is 29.6 Å². The van der Waals surface area contributed by atoms with Crippen molar-refractivity contribution in [3.8, 4) is 22.7 Å². The number of halogens is 7. The molecule has 0 saturated carbocycles. The molecule has 6 nitrogen and oxygen atoms in total. The molecular weight excluding hydrogens is 519 g/mol. The van der Waals surface area contributed by atoms with Gasteiger partial charge in [0.25, 0.3) is 5.89 Å². The topological polar surface area (TPSA) is 70.8 Å². The van der Waals surface area contributed by atoms with Crippen LogP contribution in [0.5, 0.6) is 0 Å². The lowest BCUT2D eigenvalue weighted by Crippen LogP contribution is -2.33. The highest BCUT2D eigenvalue weighted by Gasteiger charge is 2.35. The highest BCUT2D eigenvalue weighted by Crippen LogP contribution is 2.35. The number of likely N-dealkylation sites (tertiary alicyclic amines) is 1. The van der Waals surface area contributed by atoms with Gasteiger partial charge >= 0.3 is 12.4 Å². The monoisotopic (exact) mass is 539 g/mol. The van der Waals surface area contributed by atoms with E-state index in [-0.39, 0.29) is 23.2 Å². The number of rotatable bonds is 5. The van der Waals surface area contributed by atoms with E-state index in [1.807, 2.05) is 4.90 Å². The fourth-order valence-electron chi connectivity index (χ4n) is 4.43. The fraction of sp³-hybridized carbons (Fsp3) is 0.320. The van der Waals surface area contributed by atoms with Gasteiger partial charge < -0.3 is 9.51 Å². The van der Waals surface area contributed by atoms with Crippen molar-refractivity contribution in [2.24, 2.45) is 0 Å². The van der Waals surface area contributed by atoms with Gasteiger partial charge in [-0.2, -0.15) is 31.3 Å². The first-order valence-corrected chi connectivity index (χ1v) is 11.6. The molecule has 200 valence electrons. The first kappa shape index (κ1) is 25.9. The number of nitrogens with one attached hydrogen (secondary N) is 1. The number of piperidine rings is 1. The van der Waals surface area contributed by atoms with E-state index in [0.29, 0.717) is 61.7 Å². The van der Waals surface area contributed by atoms with Gasteiger partial charge in [-0.05, 0) is 56.3 Å². The van der Waals surface area contributed by atoms with E-state index >= 15 is 0 Å². The van der Waals surface area contributed by atoms with Crippen molar-refractivity contribution in [3.05, 3.63) is 77.3 Å². The van der Waals surface area contributed by atoms with Crippen LogP contribution in [-0.2, 0) is 18.9 Å². The van der Waals surface area contributed by atoms with Gasteiger partial charge in [0, 0.05) is 17.0 Å². The second-order valence-electron chi connectivity index (χ2n) is 9.02. The molecule has 13 heteroatoms. The van der Waals surface area contributed by atoms with Crippen LogP contribution >= 0.6 is 0 Å². The molecule has 0 bridgehead atoms. The van der Waals surface area contributed by atoms with Crippen LogP contribution in [0.1, 0.15) is 41.5 Å². The number of nitrogens with zero attached hydrogens (tertiary/aromatic N) is 4. The maximum Gasteiger partial charge on any atom is 0.419 e. The minimum Gasteiger partial charge on any atom is -0.342 e. The van der Waals surface area contributed by atoms with Crippen molar-refractivity contribution < 1.29 is 35.3 Å². The van der Waals surface area contributed by atoms with Gasteiger partial charge in [-0.3, -0.25) is 4.90 Å². The molecule has 1 fully saturated rings. The van der Waals surface area contributed by atoms with Crippen LogP contribution in [0.15, 0.2) is 53.2 Å². The second kappa shape index (κ2) is 9.86. The molecule has 0 spiro atoms. The Morgan fingerprint density at radius 3 is 2.42 bits per heavy atom. The molecule has 0 amide bonds. The molecule has 1 saturated heterocycles. The predicted octanol–water partition coefficient (Wildman–Crippen LogP) is 6.68. The van der Waals surface area contributed by atoms with Crippen molar-refractivity contribution in [2.75, 3.05) is 13.1 Å². The average Bonchev–Trinajstić information content (AvgIpc) is 3.54. The molecule has 0 aliphatic carbocycles. The van der Waals surface area contributed by atoms with Gasteiger partial charge in [0.2, 0.25) is 0 Å². The lowest BCUT2D eigenvalue weighted by Gasteiger charge is -2.30. The standard InChI is InChI=1S/C25H20F7N5O/c26-19-5-4-16(11-18(19)25(30,31)32)23-35-21(36-38-23)13-37-8-6-14(7-9-37)22-33-12-20(34-22)15-2-1-3-17(10-15)24(27,28)29/h1-5,10-12,14H,6-9,13H2,(H,33,34). The molecule has 0 radical (unpaired) electrons. The van der Waals surface area contributed by atoms with Crippen LogP contribution in [-0.4, -0.2) is 38.1 Å². The molecule has 1 aliphatic heterocycles. The zero-order valence-corrected chi connectivity index (χ0v) is 19.6. The Balaban J connectivity index is 1.20. The molecule has 2 aromatic carbocycles. The number of benzene rings is 2. The highest BCUT2D eigenvalue weighted by atomic mass is 19.4. The van der Waals surface area contributed by atoms with E-state index in [1.54, 1.807) is 6.07 Å². The van der Waals surface area contributed by atoms with Crippen LogP contribution in [0.3, 0.4) is 0 Å². The summed E-state index contributed by atoms with van der Waals surface area (Å²) in [5, 5.41) is 3.84. The molecule has 0 unspecified atom stereocenters. The summed E-state index contributed by atoms with van der Waals surface area (Å²) in [5.41, 5.74) is -1.28. The molecule has 0 atom stereocenters. The van der Waals surface area contributed by atoms with Crippen molar-refractivity contribution >= 4 is 0 Å². The second-order valence-corrected chi connectivity index (χ2v) is 9.02. The van der Waals surface area contributed by atoms with Gasteiger partial charge in [-0.25, -0.2) is 9.37 Å². The molecule has 1 N–H and O–H groups in total. The van der Waals surface area contributed by atoms with Crippen molar-refractivity contribution in [2.45, 2.75) is 37.7 Å². The largest absolute Gasteiger partial charge is 0.419 e. The summed E-state index contributed by atoms with van der Waals surface area (Å²) >= 11 is 0. The minimum atomic E-state index is -4.85. The summed E-state index contributed by atoms with van der Waals surface area (Å²) in [6.45, 7) is 1.59. The number of hydrogen-bond donors (Lipinski definition) is 1. The molecule has 38 heavy (non-hydrogen) atoms. The Bertz CT molecular complexity index is 1420.